The van der Waals surface area contributed by atoms with Crippen molar-refractivity contribution in [2.75, 3.05) is 20.2 Å². The van der Waals surface area contributed by atoms with Crippen molar-refractivity contribution >= 4 is 40.0 Å². The number of ether oxygens (including phenoxy) is 1. The van der Waals surface area contributed by atoms with Gasteiger partial charge in [0.05, 0.1) is 34.6 Å². The number of rotatable bonds is 12. The first kappa shape index (κ1) is 32.9. The Balaban J connectivity index is 1.26. The lowest BCUT2D eigenvalue weighted by Crippen LogP contribution is -2.35. The maximum atomic E-state index is 11.5. The van der Waals surface area contributed by atoms with Crippen LogP contribution in [0.15, 0.2) is 67.0 Å². The second-order valence-corrected chi connectivity index (χ2v) is 12.7. The van der Waals surface area contributed by atoms with Crippen molar-refractivity contribution in [3.8, 4) is 39.5 Å². The van der Waals surface area contributed by atoms with Gasteiger partial charge in [0, 0.05) is 96.8 Å². The van der Waals surface area contributed by atoms with Crippen LogP contribution in [0.25, 0.3) is 44.5 Å². The van der Waals surface area contributed by atoms with Gasteiger partial charge in [0.2, 0.25) is 11.8 Å². The minimum atomic E-state index is -0.405. The zero-order valence-electron chi connectivity index (χ0n) is 26.6. The molecule has 9 nitrogen and oxygen atoms in total. The van der Waals surface area contributed by atoms with E-state index in [9.17, 15) is 9.90 Å². The van der Waals surface area contributed by atoms with Crippen molar-refractivity contribution < 1.29 is 14.6 Å². The fourth-order valence-corrected chi connectivity index (χ4v) is 6.75. The van der Waals surface area contributed by atoms with Crippen LogP contribution >= 0.6 is 23.2 Å². The molecule has 1 unspecified atom stereocenters. The average Bonchev–Trinajstić information content (AvgIpc) is 3.62. The molecule has 1 aliphatic rings. The van der Waals surface area contributed by atoms with E-state index in [4.69, 9.17) is 32.9 Å². The van der Waals surface area contributed by atoms with E-state index in [2.05, 4.69) is 43.8 Å². The maximum Gasteiger partial charge on any atom is 0.220 e. The summed E-state index contributed by atoms with van der Waals surface area (Å²) in [5.41, 5.74) is 7.66. The molecule has 3 aromatic heterocycles. The first-order valence-electron chi connectivity index (χ1n) is 15.7. The lowest BCUT2D eigenvalue weighted by atomic mass is 9.99. The molecule has 0 saturated carbocycles. The number of aliphatic hydroxyl groups is 1. The van der Waals surface area contributed by atoms with Gasteiger partial charge >= 0.3 is 0 Å². The Hall–Kier alpha value is -3.99. The number of pyridine rings is 2. The molecule has 0 radical (unpaired) electrons. The second kappa shape index (κ2) is 14.4. The van der Waals surface area contributed by atoms with Crippen LogP contribution in [0.4, 0.5) is 0 Å². The van der Waals surface area contributed by atoms with Crippen molar-refractivity contribution in [1.82, 2.24) is 30.5 Å². The van der Waals surface area contributed by atoms with Crippen molar-refractivity contribution in [1.29, 1.82) is 0 Å². The molecule has 0 spiro atoms. The first-order valence-corrected chi connectivity index (χ1v) is 16.4. The molecule has 2 atom stereocenters. The van der Waals surface area contributed by atoms with Gasteiger partial charge in [-0.3, -0.25) is 9.78 Å². The summed E-state index contributed by atoms with van der Waals surface area (Å²) in [5, 5.41) is 21.4. The van der Waals surface area contributed by atoms with Crippen molar-refractivity contribution in [2.24, 2.45) is 7.05 Å². The number of hydrogen-bond donors (Lipinski definition) is 4. The van der Waals surface area contributed by atoms with E-state index >= 15 is 0 Å². The number of amides is 1. The van der Waals surface area contributed by atoms with E-state index < -0.39 is 6.10 Å². The fourth-order valence-electron chi connectivity index (χ4n) is 6.10. The first-order chi connectivity index (χ1) is 22.7. The molecule has 1 saturated heterocycles. The summed E-state index contributed by atoms with van der Waals surface area (Å²) < 4.78 is 7.74. The van der Waals surface area contributed by atoms with Gasteiger partial charge in [-0.2, -0.15) is 0 Å². The van der Waals surface area contributed by atoms with Crippen LogP contribution in [-0.4, -0.2) is 57.9 Å². The monoisotopic (exact) mass is 672 g/mol. The van der Waals surface area contributed by atoms with E-state index in [0.29, 0.717) is 59.9 Å². The quantitative estimate of drug-likeness (QED) is 0.126. The molecule has 1 fully saturated rings. The smallest absolute Gasteiger partial charge is 0.220 e. The largest absolute Gasteiger partial charge is 0.481 e. The van der Waals surface area contributed by atoms with Gasteiger partial charge in [0.25, 0.3) is 0 Å². The SMILES string of the molecule is COc1nc(-c2cccc(-c3ccnc(-c4ccc5c(CNCC(C)O)cn(C)c5c4)c3Cl)c2Cl)ccc1CNC[C@@H]1CCC(=O)N1. The van der Waals surface area contributed by atoms with Gasteiger partial charge in [0.15, 0.2) is 0 Å². The van der Waals surface area contributed by atoms with E-state index in [1.165, 1.54) is 0 Å². The van der Waals surface area contributed by atoms with Crippen molar-refractivity contribution in [2.45, 2.75) is 45.0 Å². The van der Waals surface area contributed by atoms with Crippen LogP contribution in [0.3, 0.4) is 0 Å². The molecule has 47 heavy (non-hydrogen) atoms. The minimum absolute atomic E-state index is 0.102. The number of benzene rings is 2. The third-order valence-corrected chi connectivity index (χ3v) is 9.27. The predicted octanol–water partition coefficient (Wildman–Crippen LogP) is 6.12. The Kier molecular flexibility index (Phi) is 10.1. The number of methoxy groups -OCH3 is 1. The van der Waals surface area contributed by atoms with Gasteiger partial charge in [-0.1, -0.05) is 59.6 Å². The summed E-state index contributed by atoms with van der Waals surface area (Å²) in [5.74, 6) is 0.611. The number of aryl methyl sites for hydroxylation is 1. The predicted molar refractivity (Wildman–Crippen MR) is 188 cm³/mol. The molecular formula is C36H38Cl2N6O3. The highest BCUT2D eigenvalue weighted by atomic mass is 35.5. The van der Waals surface area contributed by atoms with Gasteiger partial charge in [0.1, 0.15) is 0 Å². The molecule has 1 amide bonds. The molecular weight excluding hydrogens is 635 g/mol. The number of aliphatic hydroxyl groups excluding tert-OH is 1. The molecule has 0 aliphatic carbocycles. The molecule has 2 aromatic carbocycles. The number of nitrogens with one attached hydrogen (secondary N) is 3. The summed E-state index contributed by atoms with van der Waals surface area (Å²) >= 11 is 14.2. The summed E-state index contributed by atoms with van der Waals surface area (Å²) in [7, 11) is 3.62. The highest BCUT2D eigenvalue weighted by molar-refractivity contribution is 6.39. The zero-order chi connectivity index (χ0) is 33.1. The molecule has 11 heteroatoms. The second-order valence-electron chi connectivity index (χ2n) is 12.0. The van der Waals surface area contributed by atoms with E-state index in [1.54, 1.807) is 20.2 Å². The maximum absolute atomic E-state index is 11.5. The average molecular weight is 674 g/mol. The van der Waals surface area contributed by atoms with Gasteiger partial charge in [-0.25, -0.2) is 4.98 Å². The zero-order valence-corrected chi connectivity index (χ0v) is 28.1. The lowest BCUT2D eigenvalue weighted by molar-refractivity contribution is -0.119. The summed E-state index contributed by atoms with van der Waals surface area (Å²) in [4.78, 5) is 21.0. The molecule has 0 bridgehead atoms. The van der Waals surface area contributed by atoms with Crippen LogP contribution in [0.5, 0.6) is 5.88 Å². The van der Waals surface area contributed by atoms with Gasteiger partial charge in [-0.05, 0) is 37.1 Å². The van der Waals surface area contributed by atoms with Crippen molar-refractivity contribution in [3.05, 3.63) is 88.2 Å². The Labute approximate surface area is 284 Å². The Morgan fingerprint density at radius 2 is 1.83 bits per heavy atom. The van der Waals surface area contributed by atoms with E-state index in [0.717, 1.165) is 50.7 Å². The Morgan fingerprint density at radius 3 is 2.60 bits per heavy atom. The van der Waals surface area contributed by atoms with Crippen LogP contribution in [0.1, 0.15) is 30.9 Å². The third kappa shape index (κ3) is 7.15. The van der Waals surface area contributed by atoms with E-state index in [1.807, 2.05) is 49.5 Å². The number of fused-ring (bicyclic) bond motifs is 1. The van der Waals surface area contributed by atoms with Crippen LogP contribution in [0.2, 0.25) is 10.0 Å². The number of halogens is 2. The number of carbonyl (C=O) groups excluding carboxylic acids is 1. The number of nitrogens with zero attached hydrogens (tertiary/aromatic N) is 3. The van der Waals surface area contributed by atoms with E-state index in [-0.39, 0.29) is 11.9 Å². The fraction of sp³-hybridized carbons (Fsp3) is 0.306. The van der Waals surface area contributed by atoms with Crippen LogP contribution in [0, 0.1) is 0 Å². The standard InChI is InChI=1S/C36H38Cl2N6O3/c1-21(45)16-39-18-24-20-44(2)31-15-22(7-10-26(24)31)35-34(38)28(13-14-41-35)27-5-4-6-29(33(27)37)30-11-8-23(36(43-30)47-3)17-40-19-25-9-12-32(46)42-25/h4-8,10-11,13-15,20-21,25,39-40,45H,9,12,16-19H2,1-3H3,(H,42,46)/t21?,25-/m0/s1. The highest BCUT2D eigenvalue weighted by Gasteiger charge is 2.21. The Bertz CT molecular complexity index is 1930. The number of carbonyl (C=O) groups is 1. The van der Waals surface area contributed by atoms with Crippen LogP contribution < -0.4 is 20.7 Å². The molecule has 4 heterocycles. The topological polar surface area (TPSA) is 113 Å². The van der Waals surface area contributed by atoms with Crippen molar-refractivity contribution in [3.63, 3.8) is 0 Å². The summed E-state index contributed by atoms with van der Waals surface area (Å²) in [6.45, 7) is 4.19. The normalized spacial score (nSPS) is 15.3. The number of aromatic nitrogens is 3. The molecule has 244 valence electrons. The third-order valence-electron chi connectivity index (χ3n) is 8.48. The van der Waals surface area contributed by atoms with Crippen LogP contribution in [-0.2, 0) is 24.9 Å². The molecule has 1 aliphatic heterocycles. The van der Waals surface area contributed by atoms with Gasteiger partial charge in [-0.15, -0.1) is 0 Å². The molecule has 4 N–H and O–H groups in total. The lowest BCUT2D eigenvalue weighted by Gasteiger charge is -2.15. The number of hydrogen-bond acceptors (Lipinski definition) is 7. The highest BCUT2D eigenvalue weighted by Crippen LogP contribution is 2.42. The summed E-state index contributed by atoms with van der Waals surface area (Å²) in [6.07, 6.45) is 4.86. The van der Waals surface area contributed by atoms with Gasteiger partial charge < -0.3 is 30.4 Å². The molecule has 5 aromatic rings. The summed E-state index contributed by atoms with van der Waals surface area (Å²) in [6, 6.07) is 18.0. The molecule has 6 rings (SSSR count). The Morgan fingerprint density at radius 1 is 1.04 bits per heavy atom. The minimum Gasteiger partial charge on any atom is -0.481 e.